The zero-order valence-corrected chi connectivity index (χ0v) is 14.4. The average molecular weight is 364 g/mol. The largest absolute Gasteiger partial charge is 0.355 e. The van der Waals surface area contributed by atoms with Crippen LogP contribution in [-0.2, 0) is 4.79 Å². The summed E-state index contributed by atoms with van der Waals surface area (Å²) in [5.41, 5.74) is 0. The van der Waals surface area contributed by atoms with Gasteiger partial charge in [0.25, 0.3) is 0 Å². The Balaban J connectivity index is 1.27. The number of fused-ring (bicyclic) bond motifs is 1. The van der Waals surface area contributed by atoms with Gasteiger partial charge < -0.3 is 15.1 Å². The van der Waals surface area contributed by atoms with Gasteiger partial charge in [0.2, 0.25) is 5.91 Å². The molecule has 3 fully saturated rings. The van der Waals surface area contributed by atoms with Crippen molar-refractivity contribution in [2.24, 2.45) is 11.8 Å². The molecule has 1 saturated carbocycles. The zero-order valence-electron chi connectivity index (χ0n) is 13.6. The van der Waals surface area contributed by atoms with Crippen LogP contribution in [0.25, 0.3) is 0 Å². The second-order valence-corrected chi connectivity index (χ2v) is 7.38. The minimum Gasteiger partial charge on any atom is -0.355 e. The Bertz CT molecular complexity index is 713. The van der Waals surface area contributed by atoms with E-state index in [-0.39, 0.29) is 25.4 Å². The van der Waals surface area contributed by atoms with Crippen LogP contribution in [0.5, 0.6) is 0 Å². The summed E-state index contributed by atoms with van der Waals surface area (Å²) in [7, 11) is 0. The average Bonchev–Trinajstić information content (AvgIpc) is 2.95. The van der Waals surface area contributed by atoms with Gasteiger partial charge in [-0.15, -0.1) is 0 Å². The van der Waals surface area contributed by atoms with Gasteiger partial charge >= 0.3 is 0 Å². The van der Waals surface area contributed by atoms with Gasteiger partial charge in [0.15, 0.2) is 0 Å². The first-order valence-corrected chi connectivity index (χ1v) is 8.88. The maximum atomic E-state index is 13.4. The summed E-state index contributed by atoms with van der Waals surface area (Å²) in [6, 6.07) is 5.32. The predicted octanol–water partition coefficient (Wildman–Crippen LogP) is 1.22. The number of carbonyl (C=O) groups excluding carboxylic acids is 1. The Kier molecular flexibility index (Phi) is 4.26. The lowest BCUT2D eigenvalue weighted by Gasteiger charge is -2.23. The number of amides is 1. The minimum atomic E-state index is -1.09. The number of hydrogen-bond acceptors (Lipinski definition) is 5. The Morgan fingerprint density at radius 3 is 2.88 bits per heavy atom. The van der Waals surface area contributed by atoms with Crippen molar-refractivity contribution in [2.75, 3.05) is 31.1 Å². The van der Waals surface area contributed by atoms with E-state index in [0.29, 0.717) is 22.9 Å². The second kappa shape index (κ2) is 6.43. The number of hydrogen-bond donors (Lipinski definition) is 1. The van der Waals surface area contributed by atoms with Crippen LogP contribution in [0.3, 0.4) is 0 Å². The number of halogens is 2. The quantitative estimate of drug-likeness (QED) is 0.871. The first kappa shape index (κ1) is 16.6. The molecule has 4 atom stereocenters. The van der Waals surface area contributed by atoms with E-state index in [4.69, 9.17) is 16.9 Å². The molecule has 4 rings (SSSR count). The summed E-state index contributed by atoms with van der Waals surface area (Å²) in [6.45, 7) is 1.92. The molecule has 3 aliphatic rings. The van der Waals surface area contributed by atoms with E-state index in [2.05, 4.69) is 15.2 Å². The molecular formula is C17H19ClFN5O. The van der Waals surface area contributed by atoms with Crippen LogP contribution in [0.15, 0.2) is 18.3 Å². The fourth-order valence-corrected chi connectivity index (χ4v) is 4.34. The molecule has 0 bridgehead atoms. The van der Waals surface area contributed by atoms with Crippen LogP contribution in [0.1, 0.15) is 6.42 Å². The van der Waals surface area contributed by atoms with Gasteiger partial charge in [0, 0.05) is 31.7 Å². The molecule has 0 aromatic carbocycles. The van der Waals surface area contributed by atoms with Gasteiger partial charge in [-0.25, -0.2) is 9.37 Å². The molecule has 2 saturated heterocycles. The number of nitrogens with one attached hydrogen (secondary N) is 1. The highest BCUT2D eigenvalue weighted by atomic mass is 35.5. The van der Waals surface area contributed by atoms with Crippen molar-refractivity contribution in [1.82, 2.24) is 15.2 Å². The van der Waals surface area contributed by atoms with Gasteiger partial charge in [0.1, 0.15) is 18.0 Å². The Hall–Kier alpha value is -1.91. The lowest BCUT2D eigenvalue weighted by Crippen LogP contribution is -2.43. The summed E-state index contributed by atoms with van der Waals surface area (Å²) in [4.78, 5) is 20.1. The summed E-state index contributed by atoms with van der Waals surface area (Å²) in [5, 5.41) is 13.0. The zero-order chi connectivity index (χ0) is 17.6. The summed E-state index contributed by atoms with van der Waals surface area (Å²) >= 11 is 6.19. The summed E-state index contributed by atoms with van der Waals surface area (Å²) in [6.07, 6.45) is 0.765. The van der Waals surface area contributed by atoms with E-state index in [1.54, 1.807) is 6.20 Å². The first-order chi connectivity index (χ1) is 12.1. The number of rotatable bonds is 4. The van der Waals surface area contributed by atoms with Crippen molar-refractivity contribution in [3.05, 3.63) is 23.4 Å². The number of nitriles is 1. The topological polar surface area (TPSA) is 72.3 Å². The molecule has 3 heterocycles. The van der Waals surface area contributed by atoms with Gasteiger partial charge in [-0.3, -0.25) is 4.79 Å². The number of nitrogens with zero attached hydrogens (tertiary/aromatic N) is 4. The number of piperidine rings is 1. The molecule has 25 heavy (non-hydrogen) atoms. The number of alkyl halides is 1. The van der Waals surface area contributed by atoms with Gasteiger partial charge in [-0.1, -0.05) is 11.6 Å². The van der Waals surface area contributed by atoms with E-state index in [9.17, 15) is 9.18 Å². The normalized spacial score (nSPS) is 33.2. The van der Waals surface area contributed by atoms with Crippen molar-refractivity contribution in [3.63, 3.8) is 0 Å². The second-order valence-electron chi connectivity index (χ2n) is 6.97. The minimum absolute atomic E-state index is 0.0300. The third-order valence-corrected chi connectivity index (χ3v) is 5.74. The van der Waals surface area contributed by atoms with Crippen molar-refractivity contribution in [2.45, 2.75) is 24.7 Å². The third kappa shape index (κ3) is 3.05. The fraction of sp³-hybridized carbons (Fsp3) is 0.588. The molecule has 8 heteroatoms. The van der Waals surface area contributed by atoms with Crippen molar-refractivity contribution >= 4 is 23.3 Å². The molecule has 1 aliphatic carbocycles. The van der Waals surface area contributed by atoms with E-state index >= 15 is 0 Å². The van der Waals surface area contributed by atoms with E-state index < -0.39 is 12.2 Å². The van der Waals surface area contributed by atoms with E-state index in [1.807, 2.05) is 18.2 Å². The molecule has 0 radical (unpaired) electrons. The molecule has 0 spiro atoms. The Morgan fingerprint density at radius 2 is 2.20 bits per heavy atom. The number of carbonyl (C=O) groups is 1. The third-order valence-electron chi connectivity index (χ3n) is 5.44. The van der Waals surface area contributed by atoms with Crippen LogP contribution in [0.2, 0.25) is 5.02 Å². The molecule has 1 aromatic heterocycles. The van der Waals surface area contributed by atoms with Crippen LogP contribution < -0.4 is 10.2 Å². The monoisotopic (exact) mass is 363 g/mol. The first-order valence-electron chi connectivity index (χ1n) is 8.50. The lowest BCUT2D eigenvalue weighted by atomic mass is 10.2. The number of aromatic nitrogens is 1. The number of pyridine rings is 1. The highest BCUT2D eigenvalue weighted by Crippen LogP contribution is 2.47. The molecule has 132 valence electrons. The number of likely N-dealkylation sites (tertiary alicyclic amines) is 1. The van der Waals surface area contributed by atoms with Gasteiger partial charge in [0.05, 0.1) is 24.2 Å². The fourth-order valence-electron chi connectivity index (χ4n) is 4.10. The predicted molar refractivity (Wildman–Crippen MR) is 90.9 cm³/mol. The van der Waals surface area contributed by atoms with Crippen LogP contribution in [0.4, 0.5) is 10.2 Å². The standard InChI is InChI=1S/C17H19ClFN5O/c18-14-2-1-3-21-17(14)23-8-12-13(9-23)16(12)22-6-15(25)24-7-10(19)4-11(24)5-20/h1-3,10-13,16,22H,4,6-9H2/t10-,11-,12?,13?,16?/m0/s1. The SMILES string of the molecule is N#C[C@@H]1C[C@H](F)CN1C(=O)CNC1C2CN(c3ncccc3Cl)CC21. The van der Waals surface area contributed by atoms with Crippen LogP contribution in [0, 0.1) is 23.2 Å². The lowest BCUT2D eigenvalue weighted by molar-refractivity contribution is -0.130. The molecule has 2 unspecified atom stereocenters. The van der Waals surface area contributed by atoms with Crippen LogP contribution >= 0.6 is 11.6 Å². The Labute approximate surface area is 150 Å². The Morgan fingerprint density at radius 1 is 1.44 bits per heavy atom. The highest BCUT2D eigenvalue weighted by Gasteiger charge is 2.56. The molecule has 1 amide bonds. The van der Waals surface area contributed by atoms with E-state index in [0.717, 1.165) is 18.9 Å². The van der Waals surface area contributed by atoms with Crippen molar-refractivity contribution in [3.8, 4) is 6.07 Å². The summed E-state index contributed by atoms with van der Waals surface area (Å²) in [5.74, 6) is 1.57. The molecule has 2 aliphatic heterocycles. The van der Waals surface area contributed by atoms with E-state index in [1.165, 1.54) is 4.90 Å². The molecular weight excluding hydrogens is 345 g/mol. The molecule has 1 N–H and O–H groups in total. The van der Waals surface area contributed by atoms with Crippen molar-refractivity contribution in [1.29, 1.82) is 5.26 Å². The molecule has 1 aromatic rings. The highest BCUT2D eigenvalue weighted by molar-refractivity contribution is 6.32. The summed E-state index contributed by atoms with van der Waals surface area (Å²) < 4.78 is 13.4. The molecule has 6 nitrogen and oxygen atoms in total. The maximum absolute atomic E-state index is 13.4. The van der Waals surface area contributed by atoms with Crippen LogP contribution in [-0.4, -0.2) is 60.2 Å². The van der Waals surface area contributed by atoms with Gasteiger partial charge in [-0.05, 0) is 24.0 Å². The smallest absolute Gasteiger partial charge is 0.237 e. The van der Waals surface area contributed by atoms with Crippen molar-refractivity contribution < 1.29 is 9.18 Å². The van der Waals surface area contributed by atoms with Gasteiger partial charge in [-0.2, -0.15) is 5.26 Å². The maximum Gasteiger partial charge on any atom is 0.237 e. The number of anilines is 1.